The number of carbonyl (C=O) groups is 1. The summed E-state index contributed by atoms with van der Waals surface area (Å²) in [5, 5.41) is 0.240. The third kappa shape index (κ3) is 2.07. The molecule has 2 aromatic carbocycles. The molecule has 1 heterocycles. The minimum absolute atomic E-state index is 0.0352. The van der Waals surface area contributed by atoms with E-state index >= 15 is 0 Å². The van der Waals surface area contributed by atoms with Crippen LogP contribution in [0, 0.1) is 11.6 Å². The minimum Gasteiger partial charge on any atom is -0.428 e. The fourth-order valence-electron chi connectivity index (χ4n) is 2.57. The number of thiazole rings is 1. The van der Waals surface area contributed by atoms with Crippen LogP contribution in [0.3, 0.4) is 0 Å². The second kappa shape index (κ2) is 4.84. The Bertz CT molecular complexity index is 920. The van der Waals surface area contributed by atoms with E-state index in [-0.39, 0.29) is 22.5 Å². The summed E-state index contributed by atoms with van der Waals surface area (Å²) in [5.41, 5.74) is 1.42. The first-order valence-electron chi connectivity index (χ1n) is 6.70. The average molecular weight is 317 g/mol. The molecule has 0 amide bonds. The number of Topliss-reactive ketones (excluding diaryl/α,β-unsaturated/α-hetero) is 1. The maximum absolute atomic E-state index is 14.4. The third-order valence-corrected chi connectivity index (χ3v) is 4.53. The zero-order valence-corrected chi connectivity index (χ0v) is 12.0. The van der Waals surface area contributed by atoms with E-state index in [2.05, 4.69) is 4.98 Å². The second-order valence-electron chi connectivity index (χ2n) is 5.02. The maximum atomic E-state index is 14.4. The van der Waals surface area contributed by atoms with Gasteiger partial charge in [0.05, 0.1) is 10.2 Å². The molecule has 0 unspecified atom stereocenters. The summed E-state index contributed by atoms with van der Waals surface area (Å²) < 4.78 is 33.7. The predicted molar refractivity (Wildman–Crippen MR) is 78.7 cm³/mol. The number of halogens is 2. The quantitative estimate of drug-likeness (QED) is 0.699. The van der Waals surface area contributed by atoms with Crippen LogP contribution in [0.15, 0.2) is 30.3 Å². The number of ether oxygens (including phenoxy) is 1. The number of benzene rings is 2. The van der Waals surface area contributed by atoms with E-state index in [0.717, 1.165) is 11.3 Å². The molecule has 0 aliphatic heterocycles. The molecule has 0 N–H and O–H groups in total. The van der Waals surface area contributed by atoms with E-state index in [1.54, 1.807) is 12.1 Å². The van der Waals surface area contributed by atoms with Crippen LogP contribution in [0.25, 0.3) is 10.2 Å². The van der Waals surface area contributed by atoms with Crippen molar-refractivity contribution >= 4 is 27.3 Å². The number of nitrogens with zero attached hydrogens (tertiary/aromatic N) is 1. The van der Waals surface area contributed by atoms with Gasteiger partial charge in [-0.2, -0.15) is 0 Å². The zero-order valence-electron chi connectivity index (χ0n) is 11.2. The van der Waals surface area contributed by atoms with Crippen LogP contribution in [0.4, 0.5) is 8.78 Å². The van der Waals surface area contributed by atoms with Gasteiger partial charge >= 0.3 is 0 Å². The van der Waals surface area contributed by atoms with Gasteiger partial charge in [-0.05, 0) is 36.8 Å². The smallest absolute Gasteiger partial charge is 0.279 e. The Morgan fingerprint density at radius 2 is 2.00 bits per heavy atom. The molecule has 0 saturated heterocycles. The molecule has 1 aliphatic rings. The van der Waals surface area contributed by atoms with E-state index in [1.807, 2.05) is 0 Å². The molecule has 22 heavy (non-hydrogen) atoms. The first kappa shape index (κ1) is 13.3. The molecule has 1 aromatic heterocycles. The maximum Gasteiger partial charge on any atom is 0.279 e. The number of fused-ring (bicyclic) bond motifs is 2. The van der Waals surface area contributed by atoms with Crippen molar-refractivity contribution in [1.29, 1.82) is 0 Å². The zero-order chi connectivity index (χ0) is 15.3. The van der Waals surface area contributed by atoms with Gasteiger partial charge in [0.1, 0.15) is 5.82 Å². The van der Waals surface area contributed by atoms with Crippen LogP contribution >= 0.6 is 11.3 Å². The van der Waals surface area contributed by atoms with Gasteiger partial charge in [0, 0.05) is 17.5 Å². The van der Waals surface area contributed by atoms with Gasteiger partial charge in [-0.1, -0.05) is 11.3 Å². The largest absolute Gasteiger partial charge is 0.428 e. The van der Waals surface area contributed by atoms with E-state index < -0.39 is 5.82 Å². The summed E-state index contributed by atoms with van der Waals surface area (Å²) in [6.45, 7) is 0. The van der Waals surface area contributed by atoms with Gasteiger partial charge in [-0.15, -0.1) is 0 Å². The topological polar surface area (TPSA) is 39.2 Å². The molecule has 1 aliphatic carbocycles. The molecule has 0 saturated carbocycles. The van der Waals surface area contributed by atoms with E-state index in [1.165, 1.54) is 18.2 Å². The first-order valence-corrected chi connectivity index (χ1v) is 7.52. The van der Waals surface area contributed by atoms with Crippen LogP contribution in [-0.2, 0) is 6.42 Å². The molecular weight excluding hydrogens is 308 g/mol. The van der Waals surface area contributed by atoms with Crippen LogP contribution in [0.2, 0.25) is 0 Å². The lowest BCUT2D eigenvalue weighted by molar-refractivity contribution is 0.0994. The number of rotatable bonds is 2. The summed E-state index contributed by atoms with van der Waals surface area (Å²) in [4.78, 5) is 15.8. The highest BCUT2D eigenvalue weighted by molar-refractivity contribution is 7.20. The van der Waals surface area contributed by atoms with Crippen LogP contribution in [0.1, 0.15) is 22.3 Å². The summed E-state index contributed by atoms with van der Waals surface area (Å²) in [7, 11) is 0. The molecule has 0 spiro atoms. The Morgan fingerprint density at radius 3 is 2.86 bits per heavy atom. The lowest BCUT2D eigenvalue weighted by Gasteiger charge is -2.06. The number of ketones is 1. The number of hydrogen-bond acceptors (Lipinski definition) is 4. The van der Waals surface area contributed by atoms with E-state index in [4.69, 9.17) is 4.74 Å². The predicted octanol–water partition coefficient (Wildman–Crippen LogP) is 4.50. The van der Waals surface area contributed by atoms with E-state index in [0.29, 0.717) is 34.2 Å². The van der Waals surface area contributed by atoms with Gasteiger partial charge in [0.15, 0.2) is 17.3 Å². The molecule has 0 bridgehead atoms. The van der Waals surface area contributed by atoms with Gasteiger partial charge in [-0.3, -0.25) is 4.79 Å². The average Bonchev–Trinajstić information content (AvgIpc) is 3.05. The molecule has 0 fully saturated rings. The number of carbonyl (C=O) groups excluding carboxylic acids is 1. The Hall–Kier alpha value is -2.34. The third-order valence-electron chi connectivity index (χ3n) is 3.64. The molecule has 3 aromatic rings. The Balaban J connectivity index is 1.72. The van der Waals surface area contributed by atoms with E-state index in [9.17, 15) is 13.6 Å². The summed E-state index contributed by atoms with van der Waals surface area (Å²) in [5.74, 6) is -0.886. The van der Waals surface area contributed by atoms with Crippen molar-refractivity contribution in [2.24, 2.45) is 0 Å². The lowest BCUT2D eigenvalue weighted by atomic mass is 10.1. The SMILES string of the molecule is O=C1CCc2c1ccc(Oc1nc3ccc(F)cc3s1)c2F. The van der Waals surface area contributed by atoms with Crippen LogP contribution in [0.5, 0.6) is 10.9 Å². The van der Waals surface area contributed by atoms with Crippen molar-refractivity contribution in [1.82, 2.24) is 4.98 Å². The molecule has 110 valence electrons. The molecule has 3 nitrogen and oxygen atoms in total. The normalized spacial score (nSPS) is 13.6. The van der Waals surface area contributed by atoms with Gasteiger partial charge in [-0.25, -0.2) is 13.8 Å². The van der Waals surface area contributed by atoms with Gasteiger partial charge in [0.2, 0.25) is 0 Å². The van der Waals surface area contributed by atoms with Gasteiger partial charge in [0.25, 0.3) is 5.19 Å². The van der Waals surface area contributed by atoms with Crippen molar-refractivity contribution < 1.29 is 18.3 Å². The highest BCUT2D eigenvalue weighted by Crippen LogP contribution is 2.36. The summed E-state index contributed by atoms with van der Waals surface area (Å²) >= 11 is 1.14. The molecule has 6 heteroatoms. The molecule has 0 radical (unpaired) electrons. The molecule has 4 rings (SSSR count). The minimum atomic E-state index is -0.520. The molecule has 0 atom stereocenters. The fraction of sp³-hybridized carbons (Fsp3) is 0.125. The standard InChI is InChI=1S/C16H9F2NO2S/c17-8-1-4-11-14(7-8)22-16(19-11)21-13-6-3-9-10(15(13)18)2-5-12(9)20/h1,3-4,6-7H,2,5H2. The summed E-state index contributed by atoms with van der Waals surface area (Å²) in [6.07, 6.45) is 0.721. The van der Waals surface area contributed by atoms with Crippen molar-refractivity contribution in [3.8, 4) is 10.9 Å². The van der Waals surface area contributed by atoms with Gasteiger partial charge < -0.3 is 4.74 Å². The Morgan fingerprint density at radius 1 is 1.14 bits per heavy atom. The van der Waals surface area contributed by atoms with Crippen molar-refractivity contribution in [3.63, 3.8) is 0 Å². The summed E-state index contributed by atoms with van der Waals surface area (Å²) in [6, 6.07) is 7.23. The fourth-order valence-corrected chi connectivity index (χ4v) is 3.43. The number of aromatic nitrogens is 1. The van der Waals surface area contributed by atoms with Crippen molar-refractivity contribution in [2.45, 2.75) is 12.8 Å². The highest BCUT2D eigenvalue weighted by atomic mass is 32.1. The second-order valence-corrected chi connectivity index (χ2v) is 6.01. The number of hydrogen-bond donors (Lipinski definition) is 0. The monoisotopic (exact) mass is 317 g/mol. The highest BCUT2D eigenvalue weighted by Gasteiger charge is 2.25. The van der Waals surface area contributed by atoms with Crippen molar-refractivity contribution in [2.75, 3.05) is 0 Å². The van der Waals surface area contributed by atoms with Crippen LogP contribution in [-0.4, -0.2) is 10.8 Å². The first-order chi connectivity index (χ1) is 10.6. The Kier molecular flexibility index (Phi) is 2.94. The van der Waals surface area contributed by atoms with Crippen molar-refractivity contribution in [3.05, 3.63) is 53.1 Å². The molecular formula is C16H9F2NO2S. The van der Waals surface area contributed by atoms with Crippen LogP contribution < -0.4 is 4.74 Å². The Labute approximate surface area is 128 Å². The lowest BCUT2D eigenvalue weighted by Crippen LogP contribution is -1.96.